The minimum absolute atomic E-state index is 0.225. The molecule has 0 aliphatic carbocycles. The number of anilines is 1. The molecule has 0 saturated carbocycles. The van der Waals surface area contributed by atoms with Crippen molar-refractivity contribution in [3.63, 3.8) is 0 Å². The van der Waals surface area contributed by atoms with E-state index in [1.54, 1.807) is 6.07 Å². The molecule has 21 heavy (non-hydrogen) atoms. The van der Waals surface area contributed by atoms with Crippen LogP contribution < -0.4 is 10.1 Å². The number of fused-ring (bicyclic) bond motifs is 1. The van der Waals surface area contributed by atoms with Crippen molar-refractivity contribution in [2.45, 2.75) is 6.92 Å². The number of furan rings is 1. The van der Waals surface area contributed by atoms with Gasteiger partial charge in [-0.1, -0.05) is 23.7 Å². The minimum Gasteiger partial charge on any atom is -0.467 e. The summed E-state index contributed by atoms with van der Waals surface area (Å²) in [6.07, 6.45) is 0. The van der Waals surface area contributed by atoms with Crippen LogP contribution in [-0.4, -0.2) is 28.6 Å². The van der Waals surface area contributed by atoms with Gasteiger partial charge in [-0.3, -0.25) is 0 Å². The Bertz CT molecular complexity index is 788. The summed E-state index contributed by atoms with van der Waals surface area (Å²) in [5.74, 6) is 1.34. The Hall–Kier alpha value is -2.34. The fraction of sp³-hybridized carbons (Fsp3) is 0.214. The first-order valence-corrected chi connectivity index (χ1v) is 6.81. The zero-order valence-electron chi connectivity index (χ0n) is 11.6. The van der Waals surface area contributed by atoms with Crippen LogP contribution in [0.25, 0.3) is 22.6 Å². The van der Waals surface area contributed by atoms with Gasteiger partial charge in [-0.05, 0) is 19.1 Å². The van der Waals surface area contributed by atoms with Gasteiger partial charge in [-0.2, -0.15) is 15.0 Å². The summed E-state index contributed by atoms with van der Waals surface area (Å²) < 4.78 is 10.8. The normalized spacial score (nSPS) is 10.8. The summed E-state index contributed by atoms with van der Waals surface area (Å²) in [5.41, 5.74) is 0.610. The molecule has 1 N–H and O–H groups in total. The van der Waals surface area contributed by atoms with E-state index < -0.39 is 0 Å². The van der Waals surface area contributed by atoms with Gasteiger partial charge in [0.05, 0.1) is 12.1 Å². The Morgan fingerprint density at radius 1 is 1.29 bits per heavy atom. The number of hydrogen-bond donors (Lipinski definition) is 1. The number of methoxy groups -OCH3 is 1. The molecular weight excluding hydrogens is 292 g/mol. The summed E-state index contributed by atoms with van der Waals surface area (Å²) in [5, 5.41) is 4.47. The first-order chi connectivity index (χ1) is 10.2. The molecule has 0 aliphatic rings. The molecule has 1 aromatic carbocycles. The largest absolute Gasteiger partial charge is 0.467 e. The molecule has 0 aliphatic heterocycles. The van der Waals surface area contributed by atoms with Crippen molar-refractivity contribution in [2.24, 2.45) is 0 Å². The van der Waals surface area contributed by atoms with Gasteiger partial charge in [0.25, 0.3) is 0 Å². The van der Waals surface area contributed by atoms with E-state index in [9.17, 15) is 0 Å². The molecule has 0 saturated heterocycles. The van der Waals surface area contributed by atoms with E-state index in [4.69, 9.17) is 20.8 Å². The summed E-state index contributed by atoms with van der Waals surface area (Å²) >= 11 is 6.11. The summed E-state index contributed by atoms with van der Waals surface area (Å²) in [4.78, 5) is 12.6. The van der Waals surface area contributed by atoms with E-state index in [2.05, 4.69) is 20.3 Å². The molecule has 2 heterocycles. The van der Waals surface area contributed by atoms with E-state index >= 15 is 0 Å². The highest BCUT2D eigenvalue weighted by Crippen LogP contribution is 2.31. The predicted octanol–water partition coefficient (Wildman–Crippen LogP) is 3.38. The first kappa shape index (κ1) is 13.6. The quantitative estimate of drug-likeness (QED) is 0.796. The number of halogens is 1. The highest BCUT2D eigenvalue weighted by atomic mass is 35.5. The smallest absolute Gasteiger partial charge is 0.321 e. The monoisotopic (exact) mass is 304 g/mol. The number of nitrogens with zero attached hydrogens (tertiary/aromatic N) is 3. The highest BCUT2D eigenvalue weighted by molar-refractivity contribution is 6.34. The summed E-state index contributed by atoms with van der Waals surface area (Å²) in [6.45, 7) is 2.65. The lowest BCUT2D eigenvalue weighted by Gasteiger charge is -2.04. The Balaban J connectivity index is 2.12. The molecule has 0 amide bonds. The van der Waals surface area contributed by atoms with Crippen molar-refractivity contribution >= 4 is 28.5 Å². The number of ether oxygens (including phenoxy) is 1. The van der Waals surface area contributed by atoms with Crippen molar-refractivity contribution in [3.8, 4) is 17.6 Å². The molecule has 3 aromatic rings. The summed E-state index contributed by atoms with van der Waals surface area (Å²) in [7, 11) is 1.50. The van der Waals surface area contributed by atoms with E-state index in [-0.39, 0.29) is 6.01 Å². The molecule has 6 nitrogen and oxygen atoms in total. The molecule has 0 unspecified atom stereocenters. The fourth-order valence-electron chi connectivity index (χ4n) is 1.93. The first-order valence-electron chi connectivity index (χ1n) is 6.43. The van der Waals surface area contributed by atoms with Gasteiger partial charge in [0.2, 0.25) is 11.8 Å². The number of hydrogen-bond acceptors (Lipinski definition) is 6. The number of benzene rings is 1. The van der Waals surface area contributed by atoms with Crippen molar-refractivity contribution in [2.75, 3.05) is 19.0 Å². The third kappa shape index (κ3) is 2.62. The topological polar surface area (TPSA) is 73.1 Å². The minimum atomic E-state index is 0.225. The van der Waals surface area contributed by atoms with Gasteiger partial charge in [0, 0.05) is 11.9 Å². The maximum Gasteiger partial charge on any atom is 0.321 e. The third-order valence-electron chi connectivity index (χ3n) is 2.85. The average molecular weight is 305 g/mol. The Morgan fingerprint density at radius 2 is 2.14 bits per heavy atom. The van der Waals surface area contributed by atoms with Crippen LogP contribution >= 0.6 is 11.6 Å². The van der Waals surface area contributed by atoms with Crippen molar-refractivity contribution in [3.05, 3.63) is 29.3 Å². The van der Waals surface area contributed by atoms with Crippen molar-refractivity contribution < 1.29 is 9.15 Å². The molecule has 7 heteroatoms. The van der Waals surface area contributed by atoms with Gasteiger partial charge in [-0.15, -0.1) is 0 Å². The lowest BCUT2D eigenvalue weighted by molar-refractivity contribution is 0.379. The highest BCUT2D eigenvalue weighted by Gasteiger charge is 2.14. The van der Waals surface area contributed by atoms with Crippen LogP contribution in [0.4, 0.5) is 5.95 Å². The molecule has 0 bridgehead atoms. The molecule has 2 aromatic heterocycles. The average Bonchev–Trinajstić information content (AvgIpc) is 2.93. The molecular formula is C14H13ClN4O2. The number of aromatic nitrogens is 3. The van der Waals surface area contributed by atoms with Gasteiger partial charge in [0.15, 0.2) is 11.3 Å². The second-order valence-corrected chi connectivity index (χ2v) is 4.68. The third-order valence-corrected chi connectivity index (χ3v) is 3.15. The molecule has 108 valence electrons. The second kappa shape index (κ2) is 5.57. The van der Waals surface area contributed by atoms with E-state index in [1.165, 1.54) is 7.11 Å². The molecule has 0 radical (unpaired) electrons. The lowest BCUT2D eigenvalue weighted by Crippen LogP contribution is -2.06. The van der Waals surface area contributed by atoms with E-state index in [1.807, 2.05) is 25.1 Å². The van der Waals surface area contributed by atoms with Crippen LogP contribution in [0.15, 0.2) is 28.7 Å². The lowest BCUT2D eigenvalue weighted by atomic mass is 10.2. The van der Waals surface area contributed by atoms with Gasteiger partial charge < -0.3 is 14.5 Å². The molecule has 0 fully saturated rings. The predicted molar refractivity (Wildman–Crippen MR) is 80.8 cm³/mol. The Morgan fingerprint density at radius 3 is 2.86 bits per heavy atom. The Labute approximate surface area is 126 Å². The van der Waals surface area contributed by atoms with E-state index in [0.717, 1.165) is 5.39 Å². The number of para-hydroxylation sites is 1. The fourth-order valence-corrected chi connectivity index (χ4v) is 2.15. The summed E-state index contributed by atoms with van der Waals surface area (Å²) in [6, 6.07) is 7.61. The van der Waals surface area contributed by atoms with Crippen LogP contribution in [0, 0.1) is 0 Å². The van der Waals surface area contributed by atoms with Crippen LogP contribution in [0.2, 0.25) is 5.02 Å². The maximum atomic E-state index is 6.11. The molecule has 3 rings (SSSR count). The molecule has 0 spiro atoms. The number of rotatable bonds is 4. The zero-order chi connectivity index (χ0) is 14.8. The maximum absolute atomic E-state index is 6.11. The van der Waals surface area contributed by atoms with E-state index in [0.29, 0.717) is 34.7 Å². The number of nitrogens with one attached hydrogen (secondary N) is 1. The van der Waals surface area contributed by atoms with Crippen molar-refractivity contribution in [1.82, 2.24) is 15.0 Å². The van der Waals surface area contributed by atoms with Crippen LogP contribution in [-0.2, 0) is 0 Å². The zero-order valence-corrected chi connectivity index (χ0v) is 12.3. The SMILES string of the molecule is CCNc1nc(OC)nc(-c2cc3cccc(Cl)c3o2)n1. The van der Waals surface area contributed by atoms with Gasteiger partial charge in [-0.25, -0.2) is 0 Å². The van der Waals surface area contributed by atoms with Gasteiger partial charge >= 0.3 is 6.01 Å². The van der Waals surface area contributed by atoms with Crippen molar-refractivity contribution in [1.29, 1.82) is 0 Å². The standard InChI is InChI=1S/C14H13ClN4O2/c1-3-16-13-17-12(18-14(19-13)20-2)10-7-8-5-4-6-9(15)11(8)21-10/h4-7H,3H2,1-2H3,(H,16,17,18,19). The van der Waals surface area contributed by atoms with Crippen LogP contribution in [0.1, 0.15) is 6.92 Å². The second-order valence-electron chi connectivity index (χ2n) is 4.27. The molecule has 0 atom stereocenters. The Kier molecular flexibility index (Phi) is 3.62. The van der Waals surface area contributed by atoms with Crippen LogP contribution in [0.5, 0.6) is 6.01 Å². The van der Waals surface area contributed by atoms with Gasteiger partial charge in [0.1, 0.15) is 0 Å². The van der Waals surface area contributed by atoms with Crippen LogP contribution in [0.3, 0.4) is 0 Å².